The lowest BCUT2D eigenvalue weighted by Gasteiger charge is -2.27. The second-order valence-corrected chi connectivity index (χ2v) is 7.14. The number of carbonyl (C=O) groups is 2. The van der Waals surface area contributed by atoms with Gasteiger partial charge in [-0.1, -0.05) is 27.7 Å². The normalized spacial score (nSPS) is 25.4. The number of carbonyl (C=O) groups excluding carboxylic acids is 1. The summed E-state index contributed by atoms with van der Waals surface area (Å²) in [7, 11) is 0. The van der Waals surface area contributed by atoms with E-state index in [0.717, 1.165) is 6.42 Å². The standard InChI is InChI=1S/C15H27NO3/c1-10(9-15(3,4)5)8-13(17)16-7-6-12(11(16)2)14(18)19/h10-12H,6-9H2,1-5H3,(H,18,19). The Morgan fingerprint density at radius 1 is 1.37 bits per heavy atom. The topological polar surface area (TPSA) is 57.6 Å². The highest BCUT2D eigenvalue weighted by atomic mass is 16.4. The maximum absolute atomic E-state index is 12.3. The van der Waals surface area contributed by atoms with E-state index in [0.29, 0.717) is 25.3 Å². The maximum atomic E-state index is 12.3. The van der Waals surface area contributed by atoms with Crippen molar-refractivity contribution >= 4 is 11.9 Å². The van der Waals surface area contributed by atoms with E-state index in [9.17, 15) is 9.59 Å². The fourth-order valence-electron chi connectivity index (χ4n) is 3.15. The van der Waals surface area contributed by atoms with Crippen molar-refractivity contribution in [1.29, 1.82) is 0 Å². The molecule has 0 aromatic heterocycles. The van der Waals surface area contributed by atoms with Crippen LogP contribution in [0.25, 0.3) is 0 Å². The minimum Gasteiger partial charge on any atom is -0.481 e. The Bertz CT molecular complexity index is 346. The largest absolute Gasteiger partial charge is 0.481 e. The summed E-state index contributed by atoms with van der Waals surface area (Å²) in [5.41, 5.74) is 0.222. The Labute approximate surface area is 116 Å². The van der Waals surface area contributed by atoms with Crippen LogP contribution < -0.4 is 0 Å². The third-order valence-electron chi connectivity index (χ3n) is 3.88. The Morgan fingerprint density at radius 3 is 2.37 bits per heavy atom. The van der Waals surface area contributed by atoms with Gasteiger partial charge in [-0.05, 0) is 31.1 Å². The molecule has 110 valence electrons. The van der Waals surface area contributed by atoms with Crippen LogP contribution in [0.5, 0.6) is 0 Å². The SMILES string of the molecule is CC(CC(=O)N1CCC(C(=O)O)C1C)CC(C)(C)C. The average molecular weight is 269 g/mol. The molecule has 1 heterocycles. The molecule has 1 amide bonds. The molecule has 1 rings (SSSR count). The van der Waals surface area contributed by atoms with Gasteiger partial charge in [0, 0.05) is 19.0 Å². The molecule has 4 nitrogen and oxygen atoms in total. The number of amides is 1. The number of nitrogens with zero attached hydrogens (tertiary/aromatic N) is 1. The van der Waals surface area contributed by atoms with Crippen LogP contribution in [-0.4, -0.2) is 34.5 Å². The first kappa shape index (κ1) is 16.0. The summed E-state index contributed by atoms with van der Waals surface area (Å²) in [6, 6.07) is -0.174. The summed E-state index contributed by atoms with van der Waals surface area (Å²) >= 11 is 0. The van der Waals surface area contributed by atoms with E-state index in [1.807, 2.05) is 6.92 Å². The van der Waals surface area contributed by atoms with Crippen LogP contribution in [-0.2, 0) is 9.59 Å². The van der Waals surface area contributed by atoms with Crippen molar-refractivity contribution in [2.24, 2.45) is 17.3 Å². The van der Waals surface area contributed by atoms with Gasteiger partial charge in [0.05, 0.1) is 5.92 Å². The second-order valence-electron chi connectivity index (χ2n) is 7.14. The molecule has 3 unspecified atom stereocenters. The predicted octanol–water partition coefficient (Wildman–Crippen LogP) is 2.77. The van der Waals surface area contributed by atoms with Gasteiger partial charge >= 0.3 is 5.97 Å². The molecule has 4 heteroatoms. The van der Waals surface area contributed by atoms with Gasteiger partial charge < -0.3 is 10.0 Å². The molecule has 0 aliphatic carbocycles. The van der Waals surface area contributed by atoms with Gasteiger partial charge in [-0.2, -0.15) is 0 Å². The van der Waals surface area contributed by atoms with E-state index >= 15 is 0 Å². The fraction of sp³-hybridized carbons (Fsp3) is 0.867. The molecule has 1 saturated heterocycles. The van der Waals surface area contributed by atoms with Crippen molar-refractivity contribution in [2.75, 3.05) is 6.54 Å². The molecule has 0 saturated carbocycles. The van der Waals surface area contributed by atoms with Gasteiger partial charge in [-0.25, -0.2) is 0 Å². The Hall–Kier alpha value is -1.06. The maximum Gasteiger partial charge on any atom is 0.308 e. The van der Waals surface area contributed by atoms with E-state index in [4.69, 9.17) is 5.11 Å². The molecule has 0 aromatic rings. The smallest absolute Gasteiger partial charge is 0.308 e. The van der Waals surface area contributed by atoms with Gasteiger partial charge in [0.15, 0.2) is 0 Å². The molecular formula is C15H27NO3. The monoisotopic (exact) mass is 269 g/mol. The fourth-order valence-corrected chi connectivity index (χ4v) is 3.15. The molecule has 0 bridgehead atoms. The number of rotatable bonds is 4. The Morgan fingerprint density at radius 2 is 1.95 bits per heavy atom. The lowest BCUT2D eigenvalue weighted by Crippen LogP contribution is -2.38. The third-order valence-corrected chi connectivity index (χ3v) is 3.88. The van der Waals surface area contributed by atoms with Gasteiger partial charge in [-0.3, -0.25) is 9.59 Å². The first-order chi connectivity index (χ1) is 8.61. The van der Waals surface area contributed by atoms with Crippen molar-refractivity contribution in [3.63, 3.8) is 0 Å². The number of hydrogen-bond acceptors (Lipinski definition) is 2. The summed E-state index contributed by atoms with van der Waals surface area (Å²) in [6.07, 6.45) is 2.10. The van der Waals surface area contributed by atoms with Gasteiger partial charge in [0.1, 0.15) is 0 Å². The van der Waals surface area contributed by atoms with Crippen LogP contribution in [0.15, 0.2) is 0 Å². The molecule has 19 heavy (non-hydrogen) atoms. The lowest BCUT2D eigenvalue weighted by molar-refractivity contribution is -0.143. The molecule has 0 spiro atoms. The number of hydrogen-bond donors (Lipinski definition) is 1. The first-order valence-corrected chi connectivity index (χ1v) is 7.14. The van der Waals surface area contributed by atoms with Gasteiger partial charge in [0.25, 0.3) is 0 Å². The molecule has 0 radical (unpaired) electrons. The van der Waals surface area contributed by atoms with E-state index in [1.54, 1.807) is 4.90 Å². The number of aliphatic carboxylic acids is 1. The number of likely N-dealkylation sites (tertiary alicyclic amines) is 1. The van der Waals surface area contributed by atoms with Crippen LogP contribution in [0.3, 0.4) is 0 Å². The summed E-state index contributed by atoms with van der Waals surface area (Å²) in [4.78, 5) is 25.1. The van der Waals surface area contributed by atoms with Crippen LogP contribution in [0.4, 0.5) is 0 Å². The minimum absolute atomic E-state index is 0.105. The molecule has 1 aliphatic heterocycles. The highest BCUT2D eigenvalue weighted by Gasteiger charge is 2.38. The molecule has 0 aromatic carbocycles. The highest BCUT2D eigenvalue weighted by molar-refractivity contribution is 5.79. The highest BCUT2D eigenvalue weighted by Crippen LogP contribution is 2.29. The zero-order valence-corrected chi connectivity index (χ0v) is 12.8. The quantitative estimate of drug-likeness (QED) is 0.853. The summed E-state index contributed by atoms with van der Waals surface area (Å²) < 4.78 is 0. The van der Waals surface area contributed by atoms with Crippen molar-refractivity contribution in [2.45, 2.75) is 59.9 Å². The van der Waals surface area contributed by atoms with Crippen molar-refractivity contribution < 1.29 is 14.7 Å². The van der Waals surface area contributed by atoms with Crippen LogP contribution in [0.2, 0.25) is 0 Å². The summed E-state index contributed by atoms with van der Waals surface area (Å²) in [6.45, 7) is 11.0. The number of carboxylic acid groups (broad SMARTS) is 1. The molecule has 3 atom stereocenters. The summed E-state index contributed by atoms with van der Waals surface area (Å²) in [5.74, 6) is -0.746. The van der Waals surface area contributed by atoms with Crippen LogP contribution >= 0.6 is 0 Å². The second kappa shape index (κ2) is 5.93. The molecule has 1 fully saturated rings. The zero-order chi connectivity index (χ0) is 14.8. The Balaban J connectivity index is 2.53. The van der Waals surface area contributed by atoms with Crippen molar-refractivity contribution in [3.05, 3.63) is 0 Å². The van der Waals surface area contributed by atoms with Crippen molar-refractivity contribution in [3.8, 4) is 0 Å². The van der Waals surface area contributed by atoms with Crippen LogP contribution in [0, 0.1) is 17.3 Å². The van der Waals surface area contributed by atoms with E-state index in [-0.39, 0.29) is 17.4 Å². The lowest BCUT2D eigenvalue weighted by atomic mass is 9.84. The number of carboxylic acids is 1. The molecular weight excluding hydrogens is 242 g/mol. The predicted molar refractivity (Wildman–Crippen MR) is 74.8 cm³/mol. The Kier molecular flexibility index (Phi) is 4.99. The van der Waals surface area contributed by atoms with E-state index in [1.165, 1.54) is 0 Å². The van der Waals surface area contributed by atoms with Gasteiger partial charge in [0.2, 0.25) is 5.91 Å². The van der Waals surface area contributed by atoms with Crippen LogP contribution in [0.1, 0.15) is 53.9 Å². The van der Waals surface area contributed by atoms with Crippen molar-refractivity contribution in [1.82, 2.24) is 4.90 Å². The van der Waals surface area contributed by atoms with E-state index in [2.05, 4.69) is 27.7 Å². The zero-order valence-electron chi connectivity index (χ0n) is 12.8. The minimum atomic E-state index is -0.787. The summed E-state index contributed by atoms with van der Waals surface area (Å²) in [5, 5.41) is 9.08. The molecule has 1 aliphatic rings. The van der Waals surface area contributed by atoms with E-state index < -0.39 is 11.9 Å². The average Bonchev–Trinajstić information content (AvgIpc) is 2.56. The molecule has 1 N–H and O–H groups in total. The third kappa shape index (κ3) is 4.51. The first-order valence-electron chi connectivity index (χ1n) is 7.14. The van der Waals surface area contributed by atoms with Gasteiger partial charge in [-0.15, -0.1) is 0 Å².